The summed E-state index contributed by atoms with van der Waals surface area (Å²) in [6.07, 6.45) is 1.31. The highest BCUT2D eigenvalue weighted by Crippen LogP contribution is 2.35. The van der Waals surface area contributed by atoms with E-state index < -0.39 is 10.0 Å². The van der Waals surface area contributed by atoms with E-state index in [0.717, 1.165) is 5.41 Å². The Morgan fingerprint density at radius 2 is 1.56 bits per heavy atom. The van der Waals surface area contributed by atoms with Crippen LogP contribution in [0.4, 0.5) is 0 Å². The molecular weight excluding hydrogens is 258 g/mol. The van der Waals surface area contributed by atoms with Gasteiger partial charge in [-0.2, -0.15) is 0 Å². The zero-order valence-electron chi connectivity index (χ0n) is 10.3. The zero-order chi connectivity index (χ0) is 13.8. The number of benzene rings is 1. The highest BCUT2D eigenvalue weighted by atomic mass is 32.2. The van der Waals surface area contributed by atoms with E-state index in [2.05, 4.69) is 0 Å². The fourth-order valence-corrected chi connectivity index (χ4v) is 1.69. The molecule has 1 aromatic carbocycles. The number of nitrogens with two attached hydrogens (primary N) is 1. The quantitative estimate of drug-likeness (QED) is 0.863. The van der Waals surface area contributed by atoms with Gasteiger partial charge in [0.15, 0.2) is 0 Å². The molecule has 18 heavy (non-hydrogen) atoms. The van der Waals surface area contributed by atoms with Gasteiger partial charge in [-0.1, -0.05) is 0 Å². The molecule has 0 aliphatic carbocycles. The Kier molecular flexibility index (Phi) is 4.57. The van der Waals surface area contributed by atoms with Crippen molar-refractivity contribution in [3.05, 3.63) is 23.1 Å². The molecule has 0 spiro atoms. The first-order valence-electron chi connectivity index (χ1n) is 4.92. The largest absolute Gasteiger partial charge is 0.496 e. The van der Waals surface area contributed by atoms with E-state index in [4.69, 9.17) is 19.3 Å². The Morgan fingerprint density at radius 3 is 1.89 bits per heavy atom. The maximum absolute atomic E-state index is 10.9. The number of methoxy groups -OCH3 is 3. The van der Waals surface area contributed by atoms with Crippen LogP contribution in [0, 0.1) is 0 Å². The predicted octanol–water partition coefficient (Wildman–Crippen LogP) is 0.972. The lowest BCUT2D eigenvalue weighted by Gasteiger charge is -2.12. The number of primary sulfonamides is 1. The molecule has 0 amide bonds. The van der Waals surface area contributed by atoms with E-state index in [1.54, 1.807) is 12.1 Å². The van der Waals surface area contributed by atoms with E-state index in [-0.39, 0.29) is 0 Å². The van der Waals surface area contributed by atoms with Gasteiger partial charge < -0.3 is 14.2 Å². The molecule has 6 nitrogen and oxygen atoms in total. The van der Waals surface area contributed by atoms with Crippen LogP contribution in [-0.4, -0.2) is 29.7 Å². The molecule has 7 heteroatoms. The number of ether oxygens (including phenoxy) is 3. The van der Waals surface area contributed by atoms with Gasteiger partial charge in [-0.15, -0.1) is 0 Å². The van der Waals surface area contributed by atoms with Crippen LogP contribution in [-0.2, 0) is 10.0 Å². The summed E-state index contributed by atoms with van der Waals surface area (Å²) in [5.74, 6) is 1.38. The Bertz CT molecular complexity index is 526. The van der Waals surface area contributed by atoms with Gasteiger partial charge in [0.1, 0.15) is 17.2 Å². The normalized spacial score (nSPS) is 11.6. The first-order valence-corrected chi connectivity index (χ1v) is 6.53. The SMILES string of the molecule is COc1cc(OC)c(/C=C\S(N)(=O)=O)c(OC)c1. The van der Waals surface area contributed by atoms with Crippen molar-refractivity contribution in [1.29, 1.82) is 0 Å². The number of hydrogen-bond donors (Lipinski definition) is 1. The third-order valence-electron chi connectivity index (χ3n) is 2.18. The molecule has 0 aromatic heterocycles. The predicted molar refractivity (Wildman–Crippen MR) is 68.2 cm³/mol. The standard InChI is InChI=1S/C11H15NO5S/c1-15-8-6-10(16-2)9(11(7-8)17-3)4-5-18(12,13)14/h4-7H,1-3H3,(H2,12,13,14)/b5-4-. The molecule has 2 N–H and O–H groups in total. The van der Waals surface area contributed by atoms with Gasteiger partial charge >= 0.3 is 0 Å². The van der Waals surface area contributed by atoms with Crippen LogP contribution in [0.25, 0.3) is 6.08 Å². The maximum Gasteiger partial charge on any atom is 0.231 e. The smallest absolute Gasteiger partial charge is 0.231 e. The minimum atomic E-state index is -3.71. The summed E-state index contributed by atoms with van der Waals surface area (Å²) in [7, 11) is 0.719. The fourth-order valence-electron chi connectivity index (χ4n) is 1.36. The second-order valence-corrected chi connectivity index (χ2v) is 4.79. The first-order chi connectivity index (χ1) is 8.41. The average molecular weight is 273 g/mol. The zero-order valence-corrected chi connectivity index (χ0v) is 11.2. The van der Waals surface area contributed by atoms with E-state index in [1.807, 2.05) is 0 Å². The van der Waals surface area contributed by atoms with Crippen LogP contribution in [0.15, 0.2) is 17.5 Å². The van der Waals surface area contributed by atoms with Crippen molar-refractivity contribution >= 4 is 16.1 Å². The van der Waals surface area contributed by atoms with Crippen molar-refractivity contribution < 1.29 is 22.6 Å². The molecule has 0 atom stereocenters. The van der Waals surface area contributed by atoms with Crippen LogP contribution in [0.5, 0.6) is 17.2 Å². The fraction of sp³-hybridized carbons (Fsp3) is 0.273. The summed E-state index contributed by atoms with van der Waals surface area (Å²) < 4.78 is 37.2. The third-order valence-corrected chi connectivity index (χ3v) is 2.69. The van der Waals surface area contributed by atoms with Gasteiger partial charge in [0.05, 0.1) is 26.9 Å². The van der Waals surface area contributed by atoms with Crippen LogP contribution in [0.1, 0.15) is 5.56 Å². The highest BCUT2D eigenvalue weighted by molar-refractivity contribution is 7.92. The molecule has 1 rings (SSSR count). The van der Waals surface area contributed by atoms with Crippen LogP contribution < -0.4 is 19.3 Å². The molecule has 100 valence electrons. The van der Waals surface area contributed by atoms with Crippen LogP contribution in [0.3, 0.4) is 0 Å². The van der Waals surface area contributed by atoms with Gasteiger partial charge in [-0.05, 0) is 6.08 Å². The van der Waals surface area contributed by atoms with E-state index in [9.17, 15) is 8.42 Å². The molecule has 0 aliphatic rings. The topological polar surface area (TPSA) is 87.9 Å². The van der Waals surface area contributed by atoms with Crippen LogP contribution in [0.2, 0.25) is 0 Å². The summed E-state index contributed by atoms with van der Waals surface area (Å²) in [6.45, 7) is 0. The molecule has 0 saturated heterocycles. The van der Waals surface area contributed by atoms with Crippen molar-refractivity contribution in [2.24, 2.45) is 5.14 Å². The van der Waals surface area contributed by atoms with Gasteiger partial charge in [-0.3, -0.25) is 0 Å². The monoisotopic (exact) mass is 273 g/mol. The molecule has 0 saturated carbocycles. The van der Waals surface area contributed by atoms with Gasteiger partial charge in [-0.25, -0.2) is 13.6 Å². The van der Waals surface area contributed by atoms with Crippen molar-refractivity contribution in [3.8, 4) is 17.2 Å². The van der Waals surface area contributed by atoms with E-state index in [1.165, 1.54) is 27.4 Å². The Morgan fingerprint density at radius 1 is 1.06 bits per heavy atom. The van der Waals surface area contributed by atoms with E-state index >= 15 is 0 Å². The molecule has 0 aliphatic heterocycles. The molecule has 0 fully saturated rings. The van der Waals surface area contributed by atoms with Crippen molar-refractivity contribution in [3.63, 3.8) is 0 Å². The number of hydrogen-bond acceptors (Lipinski definition) is 5. The lowest BCUT2D eigenvalue weighted by Crippen LogP contribution is -2.07. The molecule has 0 radical (unpaired) electrons. The second kappa shape index (κ2) is 5.74. The summed E-state index contributed by atoms with van der Waals surface area (Å²) in [5.41, 5.74) is 0.467. The average Bonchev–Trinajstić information content (AvgIpc) is 2.34. The molecule has 0 unspecified atom stereocenters. The van der Waals surface area contributed by atoms with Crippen molar-refractivity contribution in [2.45, 2.75) is 0 Å². The lowest BCUT2D eigenvalue weighted by atomic mass is 10.1. The lowest BCUT2D eigenvalue weighted by molar-refractivity contribution is 0.374. The molecule has 0 bridgehead atoms. The minimum Gasteiger partial charge on any atom is -0.496 e. The first kappa shape index (κ1) is 14.3. The highest BCUT2D eigenvalue weighted by Gasteiger charge is 2.11. The minimum absolute atomic E-state index is 0.422. The Balaban J connectivity index is 3.36. The summed E-state index contributed by atoms with van der Waals surface area (Å²) in [4.78, 5) is 0. The van der Waals surface area contributed by atoms with Gasteiger partial charge in [0, 0.05) is 17.5 Å². The third kappa shape index (κ3) is 3.64. The molecular formula is C11H15NO5S. The number of rotatable bonds is 5. The van der Waals surface area contributed by atoms with E-state index in [0.29, 0.717) is 22.8 Å². The molecule has 1 aromatic rings. The van der Waals surface area contributed by atoms with Crippen LogP contribution >= 0.6 is 0 Å². The Hall–Kier alpha value is -1.73. The van der Waals surface area contributed by atoms with Gasteiger partial charge in [0.2, 0.25) is 10.0 Å². The summed E-state index contributed by atoms with van der Waals surface area (Å²) >= 11 is 0. The molecule has 0 heterocycles. The Labute approximate surface area is 106 Å². The second-order valence-electron chi connectivity index (χ2n) is 3.34. The number of sulfonamides is 1. The van der Waals surface area contributed by atoms with Crippen molar-refractivity contribution in [2.75, 3.05) is 21.3 Å². The summed E-state index contributed by atoms with van der Waals surface area (Å²) in [5, 5.41) is 5.78. The van der Waals surface area contributed by atoms with Gasteiger partial charge in [0.25, 0.3) is 0 Å². The maximum atomic E-state index is 10.9. The summed E-state index contributed by atoms with van der Waals surface area (Å²) in [6, 6.07) is 3.23. The van der Waals surface area contributed by atoms with Crippen molar-refractivity contribution in [1.82, 2.24) is 0 Å².